The second kappa shape index (κ2) is 72.0. The molecular formula is C79H124O5. The summed E-state index contributed by atoms with van der Waals surface area (Å²) in [6.45, 7) is 3.90. The van der Waals surface area contributed by atoms with Crippen LogP contribution in [0.4, 0.5) is 0 Å². The van der Waals surface area contributed by atoms with Crippen LogP contribution in [0.1, 0.15) is 271 Å². The largest absolute Gasteiger partial charge is 0.462 e. The van der Waals surface area contributed by atoms with Crippen LogP contribution >= 0.6 is 0 Å². The molecule has 0 aromatic rings. The summed E-state index contributed by atoms with van der Waals surface area (Å²) in [5.74, 6) is -0.617. The first-order valence-electron chi connectivity index (χ1n) is 34.0. The number of hydrogen-bond acceptors (Lipinski definition) is 5. The molecule has 1 N–H and O–H groups in total. The van der Waals surface area contributed by atoms with Gasteiger partial charge in [0, 0.05) is 12.8 Å². The van der Waals surface area contributed by atoms with Gasteiger partial charge in [0.05, 0.1) is 6.61 Å². The number of allylic oxidation sites excluding steroid dienone is 32. The van der Waals surface area contributed by atoms with E-state index in [0.29, 0.717) is 12.8 Å². The fourth-order valence-electron chi connectivity index (χ4n) is 8.88. The van der Waals surface area contributed by atoms with Crippen LogP contribution < -0.4 is 0 Å². The zero-order valence-electron chi connectivity index (χ0n) is 53.8. The fourth-order valence-corrected chi connectivity index (χ4v) is 8.88. The van der Waals surface area contributed by atoms with Crippen molar-refractivity contribution < 1.29 is 24.2 Å². The number of carbonyl (C=O) groups excluding carboxylic acids is 2. The lowest BCUT2D eigenvalue weighted by atomic mass is 10.0. The summed E-state index contributed by atoms with van der Waals surface area (Å²) in [6.07, 6.45) is 114. The van der Waals surface area contributed by atoms with Gasteiger partial charge in [-0.3, -0.25) is 9.59 Å². The highest BCUT2D eigenvalue weighted by molar-refractivity contribution is 5.70. The van der Waals surface area contributed by atoms with E-state index >= 15 is 0 Å². The molecule has 0 aliphatic carbocycles. The average molecular weight is 1150 g/mol. The van der Waals surface area contributed by atoms with Crippen LogP contribution in [0.15, 0.2) is 194 Å². The maximum atomic E-state index is 12.4. The first-order chi connectivity index (χ1) is 41.6. The molecular weight excluding hydrogens is 1030 g/mol. The van der Waals surface area contributed by atoms with Crippen LogP contribution in [0.3, 0.4) is 0 Å². The molecule has 470 valence electrons. The maximum Gasteiger partial charge on any atom is 0.306 e. The number of carbonyl (C=O) groups is 2. The van der Waals surface area contributed by atoms with Crippen LogP contribution in [0.5, 0.6) is 0 Å². The summed E-state index contributed by atoms with van der Waals surface area (Å²) in [7, 11) is 0. The predicted octanol–water partition coefficient (Wildman–Crippen LogP) is 24.0. The Bertz CT molecular complexity index is 1930. The third kappa shape index (κ3) is 69.2. The zero-order valence-corrected chi connectivity index (χ0v) is 53.8. The molecule has 84 heavy (non-hydrogen) atoms. The Kier molecular flexibility index (Phi) is 67.5. The highest BCUT2D eigenvalue weighted by atomic mass is 16.6. The normalized spacial score (nSPS) is 13.5. The van der Waals surface area contributed by atoms with Gasteiger partial charge in [0.2, 0.25) is 0 Å². The highest BCUT2D eigenvalue weighted by Crippen LogP contribution is 2.15. The van der Waals surface area contributed by atoms with Crippen molar-refractivity contribution in [3.8, 4) is 0 Å². The highest BCUT2D eigenvalue weighted by Gasteiger charge is 2.16. The molecule has 0 amide bonds. The molecule has 0 saturated carbocycles. The van der Waals surface area contributed by atoms with Crippen LogP contribution in [0, 0.1) is 0 Å². The molecule has 0 radical (unpaired) electrons. The number of ether oxygens (including phenoxy) is 2. The molecule has 5 heteroatoms. The Balaban J connectivity index is 3.60. The Morgan fingerprint density at radius 2 is 0.476 bits per heavy atom. The van der Waals surface area contributed by atoms with E-state index in [9.17, 15) is 14.7 Å². The lowest BCUT2D eigenvalue weighted by Gasteiger charge is -2.15. The van der Waals surface area contributed by atoms with Gasteiger partial charge in [-0.1, -0.05) is 311 Å². The Morgan fingerprint density at radius 3 is 0.714 bits per heavy atom. The Hall–Kier alpha value is -5.26. The topological polar surface area (TPSA) is 72.8 Å². The molecule has 0 rings (SSSR count). The summed E-state index contributed by atoms with van der Waals surface area (Å²) in [5.41, 5.74) is 0. The van der Waals surface area contributed by atoms with E-state index in [1.165, 1.54) is 89.9 Å². The lowest BCUT2D eigenvalue weighted by Crippen LogP contribution is -2.28. The number of aliphatic hydroxyl groups excluding tert-OH is 1. The van der Waals surface area contributed by atoms with Crippen molar-refractivity contribution in [3.05, 3.63) is 194 Å². The monoisotopic (exact) mass is 1150 g/mol. The second-order valence-electron chi connectivity index (χ2n) is 21.8. The molecule has 0 bridgehead atoms. The molecule has 1 atom stereocenters. The summed E-state index contributed by atoms with van der Waals surface area (Å²) in [5, 5.41) is 9.70. The summed E-state index contributed by atoms with van der Waals surface area (Å²) in [6, 6.07) is 0. The maximum absolute atomic E-state index is 12.4. The van der Waals surface area contributed by atoms with E-state index in [2.05, 4.69) is 208 Å². The number of hydrogen-bond donors (Lipinski definition) is 1. The summed E-state index contributed by atoms with van der Waals surface area (Å²) < 4.78 is 10.7. The van der Waals surface area contributed by atoms with Gasteiger partial charge in [-0.25, -0.2) is 0 Å². The van der Waals surface area contributed by atoms with Crippen LogP contribution in [-0.4, -0.2) is 36.4 Å². The predicted molar refractivity (Wildman–Crippen MR) is 370 cm³/mol. The molecule has 0 aliphatic rings. The van der Waals surface area contributed by atoms with Crippen molar-refractivity contribution in [2.45, 2.75) is 277 Å². The number of aliphatic hydroxyl groups is 1. The molecule has 0 saturated heterocycles. The van der Waals surface area contributed by atoms with E-state index in [1.807, 2.05) is 0 Å². The zero-order chi connectivity index (χ0) is 60.5. The van der Waals surface area contributed by atoms with Gasteiger partial charge in [-0.15, -0.1) is 0 Å². The molecule has 0 aliphatic heterocycles. The lowest BCUT2D eigenvalue weighted by molar-refractivity contribution is -0.161. The van der Waals surface area contributed by atoms with Crippen LogP contribution in [0.2, 0.25) is 0 Å². The molecule has 5 nitrogen and oxygen atoms in total. The standard InChI is InChI=1S/C79H124O5/c1-3-5-7-9-11-13-15-17-19-21-23-25-27-29-31-33-35-37-38-39-40-42-44-46-48-50-52-54-56-58-60-62-64-66-68-70-72-74-79(82)84-77(75-80)76-83-78(81)73-71-69-67-65-63-61-59-57-55-53-51-49-47-45-43-41-36-34-32-30-28-26-24-22-20-18-16-14-12-10-8-6-4-2/h5-8,11-14,17-20,23-26,29-32,35-37,39-41,44,46,50,52,56,58,77,80H,3-4,9-10,15-16,21-22,27-28,33-34,38,42-43,45,47-49,51,53-55,57,59-76H2,1-2H3/b7-5-,8-6-,13-11-,14-12-,19-17-,20-18-,25-23-,26-24-,31-29-,32-30-,37-35-,40-39-,41-36-,46-44-,52-50-,58-56-. The molecule has 0 heterocycles. The van der Waals surface area contributed by atoms with E-state index in [0.717, 1.165) is 154 Å². The Morgan fingerprint density at radius 1 is 0.274 bits per heavy atom. The number of rotatable bonds is 60. The van der Waals surface area contributed by atoms with Crippen molar-refractivity contribution in [2.24, 2.45) is 0 Å². The quantitative estimate of drug-likeness (QED) is 0.0373. The van der Waals surface area contributed by atoms with E-state index in [4.69, 9.17) is 9.47 Å². The fraction of sp³-hybridized carbons (Fsp3) is 0.570. The van der Waals surface area contributed by atoms with Gasteiger partial charge in [0.25, 0.3) is 0 Å². The summed E-state index contributed by atoms with van der Waals surface area (Å²) in [4.78, 5) is 24.6. The summed E-state index contributed by atoms with van der Waals surface area (Å²) >= 11 is 0. The van der Waals surface area contributed by atoms with Gasteiger partial charge >= 0.3 is 11.9 Å². The van der Waals surface area contributed by atoms with E-state index in [1.54, 1.807) is 0 Å². The van der Waals surface area contributed by atoms with Crippen molar-refractivity contribution in [2.75, 3.05) is 13.2 Å². The SMILES string of the molecule is CC/C=C\C/C=C\C/C=C\C/C=C\C/C=C\C/C=C\C/C=C\C/C=C\C/C=C\C/C=C\CCCCCCCCC(=O)OC(CO)COC(=O)CCCCCCCCCCCCCCCC/C=C\C/C=C\C/C=C\C/C=C\C/C=C\C/C=C\CC. The smallest absolute Gasteiger partial charge is 0.306 e. The van der Waals surface area contributed by atoms with Crippen LogP contribution in [0.25, 0.3) is 0 Å². The minimum atomic E-state index is -0.796. The van der Waals surface area contributed by atoms with Gasteiger partial charge < -0.3 is 14.6 Å². The van der Waals surface area contributed by atoms with Crippen molar-refractivity contribution >= 4 is 11.9 Å². The third-order valence-corrected chi connectivity index (χ3v) is 13.9. The van der Waals surface area contributed by atoms with Crippen molar-refractivity contribution in [1.82, 2.24) is 0 Å². The second-order valence-corrected chi connectivity index (χ2v) is 21.8. The van der Waals surface area contributed by atoms with E-state index in [-0.39, 0.29) is 25.2 Å². The average Bonchev–Trinajstić information content (AvgIpc) is 3.51. The molecule has 1 unspecified atom stereocenters. The first kappa shape index (κ1) is 78.7. The van der Waals surface area contributed by atoms with E-state index < -0.39 is 6.10 Å². The van der Waals surface area contributed by atoms with Crippen molar-refractivity contribution in [3.63, 3.8) is 0 Å². The van der Waals surface area contributed by atoms with Gasteiger partial charge in [-0.2, -0.15) is 0 Å². The van der Waals surface area contributed by atoms with Crippen molar-refractivity contribution in [1.29, 1.82) is 0 Å². The van der Waals surface area contributed by atoms with Gasteiger partial charge in [-0.05, 0) is 141 Å². The number of unbranched alkanes of at least 4 members (excludes halogenated alkanes) is 20. The minimum Gasteiger partial charge on any atom is -0.462 e. The number of esters is 2. The Labute approximate surface area is 518 Å². The molecule has 0 spiro atoms. The van der Waals surface area contributed by atoms with Crippen LogP contribution in [-0.2, 0) is 19.1 Å². The molecule has 0 aromatic carbocycles. The van der Waals surface area contributed by atoms with Gasteiger partial charge in [0.1, 0.15) is 6.61 Å². The molecule has 0 aromatic heterocycles. The third-order valence-electron chi connectivity index (χ3n) is 13.9. The minimum absolute atomic E-state index is 0.0834. The van der Waals surface area contributed by atoms with Gasteiger partial charge in [0.15, 0.2) is 6.10 Å². The first-order valence-corrected chi connectivity index (χ1v) is 34.0. The molecule has 0 fully saturated rings.